The number of hydrogen-bond donors (Lipinski definition) is 1. The van der Waals surface area contributed by atoms with Crippen LogP contribution in [-0.2, 0) is 16.1 Å². The van der Waals surface area contributed by atoms with E-state index in [2.05, 4.69) is 12.0 Å². The third-order valence-corrected chi connectivity index (χ3v) is 3.13. The number of hydrogen-bond acceptors (Lipinski definition) is 4. The van der Waals surface area contributed by atoms with Crippen LogP contribution in [0.5, 0.6) is 0 Å². The van der Waals surface area contributed by atoms with Crippen molar-refractivity contribution in [2.24, 2.45) is 5.92 Å². The highest BCUT2D eigenvalue weighted by Gasteiger charge is 2.22. The van der Waals surface area contributed by atoms with E-state index in [1.54, 1.807) is 6.20 Å². The van der Waals surface area contributed by atoms with Crippen molar-refractivity contribution >= 4 is 11.7 Å². The molecule has 0 aliphatic heterocycles. The van der Waals surface area contributed by atoms with Crippen molar-refractivity contribution in [1.82, 2.24) is 9.78 Å². The molecule has 94 valence electrons. The molecular weight excluding hydrogens is 218 g/mol. The molecule has 2 N–H and O–H groups in total. The molecular formula is C12H19N3O2. The van der Waals surface area contributed by atoms with Gasteiger partial charge in [-0.05, 0) is 25.2 Å². The van der Waals surface area contributed by atoms with Gasteiger partial charge in [0.15, 0.2) is 0 Å². The van der Waals surface area contributed by atoms with Crippen molar-refractivity contribution in [3.8, 4) is 0 Å². The molecule has 0 saturated heterocycles. The molecule has 1 heterocycles. The summed E-state index contributed by atoms with van der Waals surface area (Å²) >= 11 is 0. The highest BCUT2D eigenvalue weighted by Crippen LogP contribution is 2.25. The number of carbonyl (C=O) groups is 1. The Morgan fingerprint density at radius 1 is 1.65 bits per heavy atom. The van der Waals surface area contributed by atoms with Gasteiger partial charge in [-0.3, -0.25) is 9.48 Å². The number of rotatable bonds is 3. The number of aromatic nitrogens is 2. The van der Waals surface area contributed by atoms with E-state index in [0.717, 1.165) is 19.3 Å². The molecule has 2 rings (SSSR count). The first-order valence-electron chi connectivity index (χ1n) is 6.11. The van der Waals surface area contributed by atoms with E-state index in [1.165, 1.54) is 17.3 Å². The Hall–Kier alpha value is -1.52. The van der Waals surface area contributed by atoms with Gasteiger partial charge < -0.3 is 10.5 Å². The predicted octanol–water partition coefficient (Wildman–Crippen LogP) is 1.59. The molecule has 2 atom stereocenters. The SMILES string of the molecule is CC1CCCC(OC(=O)Cn2cc(N)cn2)C1. The van der Waals surface area contributed by atoms with Crippen molar-refractivity contribution in [2.45, 2.75) is 45.3 Å². The van der Waals surface area contributed by atoms with Crippen molar-refractivity contribution in [1.29, 1.82) is 0 Å². The fourth-order valence-electron chi connectivity index (χ4n) is 2.31. The minimum atomic E-state index is -0.229. The van der Waals surface area contributed by atoms with Gasteiger partial charge in [-0.15, -0.1) is 0 Å². The van der Waals surface area contributed by atoms with Gasteiger partial charge in [-0.1, -0.05) is 13.3 Å². The Bertz CT molecular complexity index is 389. The zero-order valence-electron chi connectivity index (χ0n) is 10.1. The first-order chi connectivity index (χ1) is 8.13. The number of anilines is 1. The minimum Gasteiger partial charge on any atom is -0.461 e. The maximum atomic E-state index is 11.7. The molecule has 1 fully saturated rings. The lowest BCUT2D eigenvalue weighted by Crippen LogP contribution is -2.26. The van der Waals surface area contributed by atoms with Crippen LogP contribution in [0.1, 0.15) is 32.6 Å². The molecule has 17 heavy (non-hydrogen) atoms. The lowest BCUT2D eigenvalue weighted by atomic mass is 9.89. The summed E-state index contributed by atoms with van der Waals surface area (Å²) in [5.74, 6) is 0.425. The number of ether oxygens (including phenoxy) is 1. The van der Waals surface area contributed by atoms with E-state index < -0.39 is 0 Å². The molecule has 5 heteroatoms. The van der Waals surface area contributed by atoms with E-state index in [1.807, 2.05) is 0 Å². The number of nitrogens with two attached hydrogens (primary N) is 1. The third-order valence-electron chi connectivity index (χ3n) is 3.13. The summed E-state index contributed by atoms with van der Waals surface area (Å²) in [6.07, 6.45) is 7.59. The molecule has 5 nitrogen and oxygen atoms in total. The average molecular weight is 237 g/mol. The van der Waals surface area contributed by atoms with E-state index in [-0.39, 0.29) is 18.6 Å². The lowest BCUT2D eigenvalue weighted by Gasteiger charge is -2.26. The van der Waals surface area contributed by atoms with Crippen LogP contribution in [-0.4, -0.2) is 21.9 Å². The van der Waals surface area contributed by atoms with Crippen molar-refractivity contribution in [2.75, 3.05) is 5.73 Å². The monoisotopic (exact) mass is 237 g/mol. The van der Waals surface area contributed by atoms with Gasteiger partial charge in [0.05, 0.1) is 11.9 Å². The van der Waals surface area contributed by atoms with Gasteiger partial charge in [-0.25, -0.2) is 0 Å². The van der Waals surface area contributed by atoms with E-state index in [9.17, 15) is 4.79 Å². The molecule has 1 aromatic rings. The minimum absolute atomic E-state index is 0.0826. The Morgan fingerprint density at radius 3 is 3.12 bits per heavy atom. The van der Waals surface area contributed by atoms with Crippen LogP contribution < -0.4 is 5.73 Å². The first kappa shape index (κ1) is 12.0. The zero-order valence-corrected chi connectivity index (χ0v) is 10.1. The first-order valence-corrected chi connectivity index (χ1v) is 6.11. The van der Waals surface area contributed by atoms with Gasteiger partial charge in [0, 0.05) is 6.20 Å². The topological polar surface area (TPSA) is 70.1 Å². The second-order valence-electron chi connectivity index (χ2n) is 4.85. The maximum absolute atomic E-state index is 11.7. The highest BCUT2D eigenvalue weighted by atomic mass is 16.5. The number of carbonyl (C=O) groups excluding carboxylic acids is 1. The van der Waals surface area contributed by atoms with Crippen molar-refractivity contribution in [3.05, 3.63) is 12.4 Å². The quantitative estimate of drug-likeness (QED) is 0.810. The van der Waals surface area contributed by atoms with Crippen LogP contribution in [0.15, 0.2) is 12.4 Å². The fraction of sp³-hybridized carbons (Fsp3) is 0.667. The molecule has 0 radical (unpaired) electrons. The van der Waals surface area contributed by atoms with Gasteiger partial charge in [0.2, 0.25) is 0 Å². The van der Waals surface area contributed by atoms with Crippen LogP contribution in [0.25, 0.3) is 0 Å². The summed E-state index contributed by atoms with van der Waals surface area (Å²) in [4.78, 5) is 11.7. The van der Waals surface area contributed by atoms with Crippen molar-refractivity contribution < 1.29 is 9.53 Å². The van der Waals surface area contributed by atoms with E-state index >= 15 is 0 Å². The normalized spacial score (nSPS) is 24.5. The van der Waals surface area contributed by atoms with Gasteiger partial charge in [0.1, 0.15) is 12.6 Å². The summed E-state index contributed by atoms with van der Waals surface area (Å²) in [6, 6.07) is 0. The van der Waals surface area contributed by atoms with Crippen molar-refractivity contribution in [3.63, 3.8) is 0 Å². The molecule has 2 unspecified atom stereocenters. The molecule has 1 aliphatic carbocycles. The largest absolute Gasteiger partial charge is 0.461 e. The van der Waals surface area contributed by atoms with Crippen LogP contribution >= 0.6 is 0 Å². The molecule has 0 bridgehead atoms. The molecule has 1 aromatic heterocycles. The highest BCUT2D eigenvalue weighted by molar-refractivity contribution is 5.69. The summed E-state index contributed by atoms with van der Waals surface area (Å²) in [7, 11) is 0. The van der Waals surface area contributed by atoms with Gasteiger partial charge in [-0.2, -0.15) is 5.10 Å². The Labute approximate surface area is 101 Å². The molecule has 1 aliphatic rings. The third kappa shape index (κ3) is 3.47. The number of esters is 1. The number of nitrogens with zero attached hydrogens (tertiary/aromatic N) is 2. The standard InChI is InChI=1S/C12H19N3O2/c1-9-3-2-4-11(5-9)17-12(16)8-15-7-10(13)6-14-15/h6-7,9,11H,2-5,8,13H2,1H3. The predicted molar refractivity (Wildman–Crippen MR) is 64.2 cm³/mol. The molecule has 0 aromatic carbocycles. The van der Waals surface area contributed by atoms with Crippen LogP contribution in [0, 0.1) is 5.92 Å². The Kier molecular flexibility index (Phi) is 3.66. The Morgan fingerprint density at radius 2 is 2.47 bits per heavy atom. The van der Waals surface area contributed by atoms with Crippen LogP contribution in [0.4, 0.5) is 5.69 Å². The van der Waals surface area contributed by atoms with E-state index in [0.29, 0.717) is 11.6 Å². The van der Waals surface area contributed by atoms with Crippen LogP contribution in [0.2, 0.25) is 0 Å². The molecule has 1 saturated carbocycles. The fourth-order valence-corrected chi connectivity index (χ4v) is 2.31. The lowest BCUT2D eigenvalue weighted by molar-refractivity contribution is -0.152. The Balaban J connectivity index is 1.80. The van der Waals surface area contributed by atoms with Gasteiger partial charge >= 0.3 is 5.97 Å². The molecule has 0 amide bonds. The van der Waals surface area contributed by atoms with Gasteiger partial charge in [0.25, 0.3) is 0 Å². The zero-order chi connectivity index (χ0) is 12.3. The summed E-state index contributed by atoms with van der Waals surface area (Å²) in [6.45, 7) is 2.34. The smallest absolute Gasteiger partial charge is 0.328 e. The maximum Gasteiger partial charge on any atom is 0.328 e. The summed E-state index contributed by atoms with van der Waals surface area (Å²) < 4.78 is 6.94. The summed E-state index contributed by atoms with van der Waals surface area (Å²) in [5, 5.41) is 3.95. The van der Waals surface area contributed by atoms with Crippen LogP contribution in [0.3, 0.4) is 0 Å². The average Bonchev–Trinajstić information content (AvgIpc) is 2.63. The van der Waals surface area contributed by atoms with E-state index in [4.69, 9.17) is 10.5 Å². The molecule has 0 spiro atoms. The summed E-state index contributed by atoms with van der Waals surface area (Å²) in [5.41, 5.74) is 6.08. The number of nitrogen functional groups attached to an aromatic ring is 1. The second kappa shape index (κ2) is 5.21. The second-order valence-corrected chi connectivity index (χ2v) is 4.85.